The van der Waals surface area contributed by atoms with Crippen LogP contribution in [-0.4, -0.2) is 38.8 Å². The average Bonchev–Trinajstić information content (AvgIpc) is 3.45. The number of para-hydroxylation sites is 2. The van der Waals surface area contributed by atoms with Crippen LogP contribution in [-0.2, 0) is 4.79 Å². The fourth-order valence-corrected chi connectivity index (χ4v) is 4.66. The molecule has 7 nitrogen and oxygen atoms in total. The number of thioether (sulfide) groups is 1. The number of carbonyl (C=O) groups is 1. The molecular formula is C22H21FN4O3S2. The second-order valence-electron chi connectivity index (χ2n) is 7.09. The Morgan fingerprint density at radius 3 is 2.72 bits per heavy atom. The number of fused-ring (bicyclic) bond motifs is 1. The van der Waals surface area contributed by atoms with E-state index in [1.54, 1.807) is 42.3 Å². The number of benzene rings is 2. The summed E-state index contributed by atoms with van der Waals surface area (Å²) in [5, 5.41) is 9.04. The monoisotopic (exact) mass is 472 g/mol. The zero-order chi connectivity index (χ0) is 22.7. The third-order valence-electron chi connectivity index (χ3n) is 4.87. The number of aromatic nitrogens is 3. The summed E-state index contributed by atoms with van der Waals surface area (Å²) in [5.41, 5.74) is 0.930. The molecule has 2 atom stereocenters. The molecule has 166 valence electrons. The van der Waals surface area contributed by atoms with E-state index in [4.69, 9.17) is 9.15 Å². The van der Waals surface area contributed by atoms with E-state index in [-0.39, 0.29) is 34.6 Å². The molecule has 0 unspecified atom stereocenters. The van der Waals surface area contributed by atoms with Crippen molar-refractivity contribution >= 4 is 39.2 Å². The van der Waals surface area contributed by atoms with Crippen molar-refractivity contribution in [3.8, 4) is 5.75 Å². The van der Waals surface area contributed by atoms with Crippen molar-refractivity contribution in [1.82, 2.24) is 20.1 Å². The van der Waals surface area contributed by atoms with Crippen LogP contribution < -0.4 is 4.74 Å². The molecule has 10 heteroatoms. The van der Waals surface area contributed by atoms with Crippen LogP contribution in [0.2, 0.25) is 0 Å². The third-order valence-corrected chi connectivity index (χ3v) is 6.88. The Labute approximate surface area is 192 Å². The molecule has 0 aliphatic heterocycles. The molecule has 0 aliphatic rings. The predicted octanol–water partition coefficient (Wildman–Crippen LogP) is 5.27. The highest BCUT2D eigenvalue weighted by Gasteiger charge is 2.22. The van der Waals surface area contributed by atoms with Gasteiger partial charge in [0.25, 0.3) is 11.1 Å². The third kappa shape index (κ3) is 4.91. The predicted molar refractivity (Wildman–Crippen MR) is 121 cm³/mol. The summed E-state index contributed by atoms with van der Waals surface area (Å²) in [6.07, 6.45) is -0.633. The summed E-state index contributed by atoms with van der Waals surface area (Å²) in [6.45, 7) is 3.64. The van der Waals surface area contributed by atoms with Crippen LogP contribution in [0.15, 0.2) is 58.2 Å². The lowest BCUT2D eigenvalue weighted by atomic mass is 10.3. The maximum absolute atomic E-state index is 13.8. The average molecular weight is 473 g/mol. The second kappa shape index (κ2) is 9.66. The summed E-state index contributed by atoms with van der Waals surface area (Å²) in [7, 11) is 1.75. The highest BCUT2D eigenvalue weighted by Crippen LogP contribution is 2.30. The van der Waals surface area contributed by atoms with E-state index in [9.17, 15) is 9.18 Å². The van der Waals surface area contributed by atoms with E-state index >= 15 is 0 Å². The van der Waals surface area contributed by atoms with Gasteiger partial charge in [0.1, 0.15) is 5.01 Å². The molecule has 2 heterocycles. The molecule has 4 aromatic rings. The molecule has 4 rings (SSSR count). The van der Waals surface area contributed by atoms with Gasteiger partial charge in [0.2, 0.25) is 5.91 Å². The molecule has 0 aliphatic carbocycles. The molecule has 0 saturated carbocycles. The van der Waals surface area contributed by atoms with E-state index in [2.05, 4.69) is 15.2 Å². The minimum Gasteiger partial charge on any atom is -0.478 e. The molecule has 0 spiro atoms. The van der Waals surface area contributed by atoms with Gasteiger partial charge in [-0.25, -0.2) is 9.37 Å². The van der Waals surface area contributed by atoms with Gasteiger partial charge in [-0.2, -0.15) is 0 Å². The van der Waals surface area contributed by atoms with Crippen molar-refractivity contribution in [2.45, 2.75) is 31.2 Å². The largest absolute Gasteiger partial charge is 0.478 e. The van der Waals surface area contributed by atoms with Crippen LogP contribution in [0.4, 0.5) is 4.39 Å². The van der Waals surface area contributed by atoms with E-state index < -0.39 is 11.9 Å². The molecule has 0 bridgehead atoms. The number of hydrogen-bond donors (Lipinski definition) is 0. The number of amides is 1. The fraction of sp³-hybridized carbons (Fsp3) is 0.273. The van der Waals surface area contributed by atoms with Crippen LogP contribution in [0, 0.1) is 5.82 Å². The Morgan fingerprint density at radius 2 is 1.94 bits per heavy atom. The van der Waals surface area contributed by atoms with Crippen molar-refractivity contribution in [2.75, 3.05) is 12.8 Å². The number of hydrogen-bond acceptors (Lipinski definition) is 8. The normalized spacial score (nSPS) is 13.1. The molecule has 0 radical (unpaired) electrons. The van der Waals surface area contributed by atoms with Gasteiger partial charge < -0.3 is 14.1 Å². The van der Waals surface area contributed by atoms with Crippen molar-refractivity contribution in [3.05, 3.63) is 65.2 Å². The maximum Gasteiger partial charge on any atom is 0.277 e. The summed E-state index contributed by atoms with van der Waals surface area (Å²) in [5.74, 6) is -0.107. The number of ether oxygens (including phenoxy) is 1. The quantitative estimate of drug-likeness (QED) is 0.323. The molecule has 0 N–H and O–H groups in total. The summed E-state index contributed by atoms with van der Waals surface area (Å²) in [4.78, 5) is 19.0. The molecule has 2 aromatic carbocycles. The Kier molecular flexibility index (Phi) is 6.71. The molecule has 2 aromatic heterocycles. The molecular weight excluding hydrogens is 451 g/mol. The smallest absolute Gasteiger partial charge is 0.277 e. The fourth-order valence-electron chi connectivity index (χ4n) is 2.90. The highest BCUT2D eigenvalue weighted by molar-refractivity contribution is 7.99. The van der Waals surface area contributed by atoms with Crippen molar-refractivity contribution in [3.63, 3.8) is 0 Å². The SMILES string of the molecule is C[C@@H](Oc1ccccc1F)c1nnc(SCC(=O)N(C)[C@@H](C)c2nc3ccccc3s2)o1. The molecule has 0 fully saturated rings. The van der Waals surface area contributed by atoms with Gasteiger partial charge in [-0.1, -0.05) is 36.0 Å². The first-order valence-electron chi connectivity index (χ1n) is 9.91. The van der Waals surface area contributed by atoms with Crippen LogP contribution in [0.25, 0.3) is 10.2 Å². The molecule has 1 amide bonds. The van der Waals surface area contributed by atoms with Crippen LogP contribution in [0.5, 0.6) is 5.75 Å². The van der Waals surface area contributed by atoms with E-state index in [0.717, 1.165) is 27.0 Å². The number of halogens is 1. The van der Waals surface area contributed by atoms with Gasteiger partial charge in [0.05, 0.1) is 22.0 Å². The topological polar surface area (TPSA) is 81.4 Å². The minimum atomic E-state index is -0.633. The lowest BCUT2D eigenvalue weighted by molar-refractivity contribution is -0.128. The zero-order valence-electron chi connectivity index (χ0n) is 17.7. The number of nitrogens with zero attached hydrogens (tertiary/aromatic N) is 4. The van der Waals surface area contributed by atoms with Gasteiger partial charge in [-0.05, 0) is 38.1 Å². The Morgan fingerprint density at radius 1 is 1.19 bits per heavy atom. The zero-order valence-corrected chi connectivity index (χ0v) is 19.3. The van der Waals surface area contributed by atoms with Crippen molar-refractivity contribution in [2.24, 2.45) is 0 Å². The minimum absolute atomic E-state index is 0.0860. The molecule has 32 heavy (non-hydrogen) atoms. The number of rotatable bonds is 8. The standard InChI is InChI=1S/C22H21FN4O3S2/c1-13(21-24-16-9-5-7-11-18(16)32-21)27(3)19(28)12-31-22-26-25-20(30-22)14(2)29-17-10-6-4-8-15(17)23/h4-11,13-14H,12H2,1-3H3/t13-,14+/m0/s1. The van der Waals surface area contributed by atoms with Gasteiger partial charge in [-0.3, -0.25) is 4.79 Å². The lowest BCUT2D eigenvalue weighted by Gasteiger charge is -2.22. The van der Waals surface area contributed by atoms with Crippen LogP contribution in [0.3, 0.4) is 0 Å². The van der Waals surface area contributed by atoms with Gasteiger partial charge in [0, 0.05) is 7.05 Å². The Bertz CT molecular complexity index is 1200. The Balaban J connectivity index is 1.33. The van der Waals surface area contributed by atoms with Crippen LogP contribution >= 0.6 is 23.1 Å². The van der Waals surface area contributed by atoms with E-state index in [0.29, 0.717) is 0 Å². The van der Waals surface area contributed by atoms with Gasteiger partial charge >= 0.3 is 0 Å². The van der Waals surface area contributed by atoms with E-state index in [1.165, 1.54) is 12.1 Å². The maximum atomic E-state index is 13.8. The first-order valence-corrected chi connectivity index (χ1v) is 11.7. The number of thiazole rings is 1. The summed E-state index contributed by atoms with van der Waals surface area (Å²) in [6, 6.07) is 13.8. The van der Waals surface area contributed by atoms with Crippen molar-refractivity contribution in [1.29, 1.82) is 0 Å². The lowest BCUT2D eigenvalue weighted by Crippen LogP contribution is -2.31. The van der Waals surface area contributed by atoms with Crippen LogP contribution in [0.1, 0.15) is 36.9 Å². The first kappa shape index (κ1) is 22.2. The van der Waals surface area contributed by atoms with Gasteiger partial charge in [-0.15, -0.1) is 21.5 Å². The summed E-state index contributed by atoms with van der Waals surface area (Å²) < 4.78 is 26.0. The number of carbonyl (C=O) groups excluding carboxylic acids is 1. The molecule has 0 saturated heterocycles. The van der Waals surface area contributed by atoms with E-state index in [1.807, 2.05) is 31.2 Å². The van der Waals surface area contributed by atoms with Gasteiger partial charge in [0.15, 0.2) is 17.7 Å². The van der Waals surface area contributed by atoms with Crippen molar-refractivity contribution < 1.29 is 18.3 Å². The highest BCUT2D eigenvalue weighted by atomic mass is 32.2. The Hall–Kier alpha value is -2.98. The summed E-state index contributed by atoms with van der Waals surface area (Å²) >= 11 is 2.72. The second-order valence-corrected chi connectivity index (χ2v) is 9.07. The first-order chi connectivity index (χ1) is 15.4.